The van der Waals surface area contributed by atoms with Crippen LogP contribution in [0.1, 0.15) is 52.1 Å². The van der Waals surface area contributed by atoms with Gasteiger partial charge < -0.3 is 15.7 Å². The van der Waals surface area contributed by atoms with Crippen LogP contribution in [0, 0.1) is 5.92 Å². The van der Waals surface area contributed by atoms with Gasteiger partial charge in [0.15, 0.2) is 0 Å². The van der Waals surface area contributed by atoms with Crippen molar-refractivity contribution in [3.63, 3.8) is 0 Å². The zero-order valence-corrected chi connectivity index (χ0v) is 14.8. The Hall–Kier alpha value is -3.22. The number of anilines is 1. The van der Waals surface area contributed by atoms with E-state index in [-0.39, 0.29) is 29.6 Å². The zero-order chi connectivity index (χ0) is 19.2. The Morgan fingerprint density at radius 1 is 1.11 bits per heavy atom. The van der Waals surface area contributed by atoms with Gasteiger partial charge in [0, 0.05) is 24.3 Å². The first-order chi connectivity index (χ1) is 13.0. The standard InChI is InChI=1S/C20H21N3O4/c24-18(14-5-1-2-6-14)23-16-7-3-4-13(10-16)12-22-19(25)17-11-15(20(26)27)8-9-21-17/h3-4,7-11,14H,1-2,5-6,12H2,(H,22,25)(H,23,24)(H,26,27). The fraction of sp³-hybridized carbons (Fsp3) is 0.300. The lowest BCUT2D eigenvalue weighted by Crippen LogP contribution is -2.24. The average molecular weight is 367 g/mol. The molecule has 0 atom stereocenters. The average Bonchev–Trinajstić information content (AvgIpc) is 3.21. The van der Waals surface area contributed by atoms with Gasteiger partial charge >= 0.3 is 5.97 Å². The predicted molar refractivity (Wildman–Crippen MR) is 99.4 cm³/mol. The number of carbonyl (C=O) groups is 3. The van der Waals surface area contributed by atoms with Gasteiger partial charge in [-0.25, -0.2) is 4.79 Å². The predicted octanol–water partition coefficient (Wildman–Crippen LogP) is 2.84. The number of carbonyl (C=O) groups excluding carboxylic acids is 2. The highest BCUT2D eigenvalue weighted by atomic mass is 16.4. The van der Waals surface area contributed by atoms with Gasteiger partial charge in [-0.15, -0.1) is 0 Å². The maximum Gasteiger partial charge on any atom is 0.335 e. The van der Waals surface area contributed by atoms with Crippen LogP contribution >= 0.6 is 0 Å². The highest BCUT2D eigenvalue weighted by Gasteiger charge is 2.22. The zero-order valence-electron chi connectivity index (χ0n) is 14.8. The number of aromatic carboxylic acids is 1. The van der Waals surface area contributed by atoms with Crippen molar-refractivity contribution in [2.45, 2.75) is 32.2 Å². The second kappa shape index (κ2) is 8.44. The molecule has 1 aromatic carbocycles. The van der Waals surface area contributed by atoms with Crippen molar-refractivity contribution in [1.29, 1.82) is 0 Å². The number of rotatable bonds is 6. The number of benzene rings is 1. The lowest BCUT2D eigenvalue weighted by molar-refractivity contribution is -0.119. The van der Waals surface area contributed by atoms with Crippen LogP contribution in [0.4, 0.5) is 5.69 Å². The van der Waals surface area contributed by atoms with E-state index in [2.05, 4.69) is 15.6 Å². The normalized spacial score (nSPS) is 13.9. The first-order valence-corrected chi connectivity index (χ1v) is 8.90. The molecule has 0 radical (unpaired) electrons. The Morgan fingerprint density at radius 2 is 1.89 bits per heavy atom. The smallest absolute Gasteiger partial charge is 0.335 e. The van der Waals surface area contributed by atoms with Gasteiger partial charge in [0.25, 0.3) is 5.91 Å². The molecule has 0 spiro atoms. The van der Waals surface area contributed by atoms with E-state index < -0.39 is 11.9 Å². The highest BCUT2D eigenvalue weighted by molar-refractivity contribution is 5.96. The molecule has 3 N–H and O–H groups in total. The van der Waals surface area contributed by atoms with Crippen molar-refractivity contribution in [3.8, 4) is 0 Å². The van der Waals surface area contributed by atoms with Crippen LogP contribution in [0.15, 0.2) is 42.6 Å². The number of pyridine rings is 1. The molecule has 1 aliphatic rings. The van der Waals surface area contributed by atoms with E-state index in [1.54, 1.807) is 0 Å². The van der Waals surface area contributed by atoms with Gasteiger partial charge in [-0.2, -0.15) is 0 Å². The van der Waals surface area contributed by atoms with Crippen LogP contribution in [0.25, 0.3) is 0 Å². The lowest BCUT2D eigenvalue weighted by atomic mass is 10.1. The van der Waals surface area contributed by atoms with Crippen molar-refractivity contribution in [1.82, 2.24) is 10.3 Å². The largest absolute Gasteiger partial charge is 0.478 e. The maximum absolute atomic E-state index is 12.2. The minimum Gasteiger partial charge on any atom is -0.478 e. The van der Waals surface area contributed by atoms with Crippen LogP contribution in [-0.4, -0.2) is 27.9 Å². The Bertz CT molecular complexity index is 860. The summed E-state index contributed by atoms with van der Waals surface area (Å²) in [6.07, 6.45) is 5.36. The number of carboxylic acids is 1. The summed E-state index contributed by atoms with van der Waals surface area (Å²) in [4.78, 5) is 39.3. The van der Waals surface area contributed by atoms with E-state index in [4.69, 9.17) is 5.11 Å². The summed E-state index contributed by atoms with van der Waals surface area (Å²) < 4.78 is 0. The molecular weight excluding hydrogens is 346 g/mol. The lowest BCUT2D eigenvalue weighted by Gasteiger charge is -2.12. The molecule has 3 rings (SSSR count). The Morgan fingerprint density at radius 3 is 2.63 bits per heavy atom. The SMILES string of the molecule is O=C(O)c1ccnc(C(=O)NCc2cccc(NC(=O)C3CCCC3)c2)c1. The van der Waals surface area contributed by atoms with Crippen LogP contribution in [-0.2, 0) is 11.3 Å². The third kappa shape index (κ3) is 4.91. The van der Waals surface area contributed by atoms with Crippen molar-refractivity contribution in [2.24, 2.45) is 5.92 Å². The summed E-state index contributed by atoms with van der Waals surface area (Å²) >= 11 is 0. The van der Waals surface area contributed by atoms with Gasteiger partial charge in [-0.05, 0) is 42.7 Å². The molecule has 0 unspecified atom stereocenters. The van der Waals surface area contributed by atoms with Gasteiger partial charge in [-0.1, -0.05) is 25.0 Å². The van der Waals surface area contributed by atoms with E-state index in [1.165, 1.54) is 18.3 Å². The molecule has 0 bridgehead atoms. The van der Waals surface area contributed by atoms with E-state index in [0.717, 1.165) is 31.2 Å². The van der Waals surface area contributed by atoms with Gasteiger partial charge in [0.2, 0.25) is 5.91 Å². The van der Waals surface area contributed by atoms with E-state index in [0.29, 0.717) is 5.69 Å². The summed E-state index contributed by atoms with van der Waals surface area (Å²) in [5.41, 5.74) is 1.57. The molecule has 7 nitrogen and oxygen atoms in total. The topological polar surface area (TPSA) is 108 Å². The maximum atomic E-state index is 12.2. The molecule has 1 aliphatic carbocycles. The number of carboxylic acid groups (broad SMARTS) is 1. The minimum atomic E-state index is -1.11. The monoisotopic (exact) mass is 367 g/mol. The number of hydrogen-bond acceptors (Lipinski definition) is 4. The van der Waals surface area contributed by atoms with Crippen molar-refractivity contribution in [3.05, 3.63) is 59.4 Å². The summed E-state index contributed by atoms with van der Waals surface area (Å²) in [6.45, 7) is 0.241. The summed E-state index contributed by atoms with van der Waals surface area (Å²) in [5.74, 6) is -1.44. The Kier molecular flexibility index (Phi) is 5.80. The van der Waals surface area contributed by atoms with Gasteiger partial charge in [-0.3, -0.25) is 14.6 Å². The molecule has 7 heteroatoms. The summed E-state index contributed by atoms with van der Waals surface area (Å²) in [5, 5.41) is 14.6. The Balaban J connectivity index is 1.59. The van der Waals surface area contributed by atoms with E-state index in [1.807, 2.05) is 24.3 Å². The molecule has 1 heterocycles. The van der Waals surface area contributed by atoms with Gasteiger partial charge in [0.05, 0.1) is 5.56 Å². The molecule has 1 aromatic heterocycles. The molecule has 0 aliphatic heterocycles. The molecular formula is C20H21N3O4. The van der Waals surface area contributed by atoms with Crippen LogP contribution < -0.4 is 10.6 Å². The molecule has 0 saturated heterocycles. The number of nitrogens with one attached hydrogen (secondary N) is 2. The third-order valence-corrected chi connectivity index (χ3v) is 4.61. The number of amides is 2. The minimum absolute atomic E-state index is 0.00627. The van der Waals surface area contributed by atoms with Crippen LogP contribution in [0.3, 0.4) is 0 Å². The number of nitrogens with zero attached hydrogens (tertiary/aromatic N) is 1. The van der Waals surface area contributed by atoms with Crippen molar-refractivity contribution < 1.29 is 19.5 Å². The van der Waals surface area contributed by atoms with Crippen molar-refractivity contribution >= 4 is 23.5 Å². The second-order valence-electron chi connectivity index (χ2n) is 6.59. The first-order valence-electron chi connectivity index (χ1n) is 8.90. The molecule has 1 fully saturated rings. The molecule has 2 amide bonds. The fourth-order valence-electron chi connectivity index (χ4n) is 3.15. The van der Waals surface area contributed by atoms with Gasteiger partial charge in [0.1, 0.15) is 5.69 Å². The Labute approximate surface area is 156 Å². The van der Waals surface area contributed by atoms with Crippen molar-refractivity contribution in [2.75, 3.05) is 5.32 Å². The number of hydrogen-bond donors (Lipinski definition) is 3. The number of aromatic nitrogens is 1. The highest BCUT2D eigenvalue weighted by Crippen LogP contribution is 2.26. The third-order valence-electron chi connectivity index (χ3n) is 4.61. The van der Waals surface area contributed by atoms with E-state index >= 15 is 0 Å². The molecule has 27 heavy (non-hydrogen) atoms. The first kappa shape index (κ1) is 18.6. The fourth-order valence-corrected chi connectivity index (χ4v) is 3.15. The van der Waals surface area contributed by atoms with Crippen LogP contribution in [0.2, 0.25) is 0 Å². The summed E-state index contributed by atoms with van der Waals surface area (Å²) in [7, 11) is 0. The van der Waals surface area contributed by atoms with E-state index in [9.17, 15) is 14.4 Å². The summed E-state index contributed by atoms with van der Waals surface area (Å²) in [6, 6.07) is 9.84. The second-order valence-corrected chi connectivity index (χ2v) is 6.59. The molecule has 1 saturated carbocycles. The van der Waals surface area contributed by atoms with Crippen LogP contribution in [0.5, 0.6) is 0 Å². The quantitative estimate of drug-likeness (QED) is 0.727. The molecule has 140 valence electrons. The molecule has 2 aromatic rings.